The SMILES string of the molecule is Nc1nc(N)c(-c2ccc([N+](=O)[O-])cc2)c(NCc2ccccc2)n1. The van der Waals surface area contributed by atoms with Gasteiger partial charge in [0.25, 0.3) is 5.69 Å². The maximum Gasteiger partial charge on any atom is 0.269 e. The highest BCUT2D eigenvalue weighted by molar-refractivity contribution is 5.84. The number of nitrogens with two attached hydrogens (primary N) is 2. The van der Waals surface area contributed by atoms with Crippen molar-refractivity contribution >= 4 is 23.3 Å². The molecule has 0 aliphatic heterocycles. The number of nitro benzene ring substituents is 1. The number of nitrogens with zero attached hydrogens (tertiary/aromatic N) is 3. The van der Waals surface area contributed by atoms with Crippen LogP contribution in [0.15, 0.2) is 54.6 Å². The summed E-state index contributed by atoms with van der Waals surface area (Å²) in [6, 6.07) is 15.8. The van der Waals surface area contributed by atoms with E-state index in [1.54, 1.807) is 12.1 Å². The molecule has 1 aromatic heterocycles. The van der Waals surface area contributed by atoms with Crippen LogP contribution in [0.5, 0.6) is 0 Å². The van der Waals surface area contributed by atoms with Gasteiger partial charge >= 0.3 is 0 Å². The van der Waals surface area contributed by atoms with Crippen LogP contribution in [0.25, 0.3) is 11.1 Å². The molecule has 0 fully saturated rings. The van der Waals surface area contributed by atoms with Crippen LogP contribution in [0.2, 0.25) is 0 Å². The minimum atomic E-state index is -0.457. The van der Waals surface area contributed by atoms with Gasteiger partial charge in [0.05, 0.1) is 10.5 Å². The number of non-ortho nitro benzene ring substituents is 1. The van der Waals surface area contributed by atoms with E-state index < -0.39 is 4.92 Å². The topological polar surface area (TPSA) is 133 Å². The second kappa shape index (κ2) is 6.83. The van der Waals surface area contributed by atoms with Gasteiger partial charge in [0, 0.05) is 18.7 Å². The van der Waals surface area contributed by atoms with E-state index in [1.165, 1.54) is 12.1 Å². The third-order valence-corrected chi connectivity index (χ3v) is 3.62. The maximum absolute atomic E-state index is 10.8. The number of rotatable bonds is 5. The Hall–Kier alpha value is -3.68. The van der Waals surface area contributed by atoms with E-state index in [0.29, 0.717) is 23.5 Å². The second-order valence-electron chi connectivity index (χ2n) is 5.33. The zero-order valence-electron chi connectivity index (χ0n) is 13.2. The van der Waals surface area contributed by atoms with E-state index in [4.69, 9.17) is 11.5 Å². The van der Waals surface area contributed by atoms with Crippen LogP contribution in [0, 0.1) is 10.1 Å². The van der Waals surface area contributed by atoms with E-state index in [9.17, 15) is 10.1 Å². The minimum Gasteiger partial charge on any atom is -0.383 e. The monoisotopic (exact) mass is 336 g/mol. The molecule has 3 aromatic rings. The highest BCUT2D eigenvalue weighted by atomic mass is 16.6. The molecule has 0 atom stereocenters. The number of benzene rings is 2. The molecule has 8 heteroatoms. The van der Waals surface area contributed by atoms with Gasteiger partial charge in [0.2, 0.25) is 5.95 Å². The van der Waals surface area contributed by atoms with Crippen LogP contribution in [0.1, 0.15) is 5.56 Å². The molecule has 1 heterocycles. The van der Waals surface area contributed by atoms with Gasteiger partial charge in [-0.3, -0.25) is 10.1 Å². The fraction of sp³-hybridized carbons (Fsp3) is 0.0588. The summed E-state index contributed by atoms with van der Waals surface area (Å²) in [6.45, 7) is 0.525. The van der Waals surface area contributed by atoms with E-state index in [-0.39, 0.29) is 17.5 Å². The summed E-state index contributed by atoms with van der Waals surface area (Å²) in [7, 11) is 0. The van der Waals surface area contributed by atoms with Crippen LogP contribution in [-0.2, 0) is 6.54 Å². The molecule has 0 saturated heterocycles. The molecule has 0 spiro atoms. The van der Waals surface area contributed by atoms with Crippen molar-refractivity contribution in [3.63, 3.8) is 0 Å². The molecule has 0 amide bonds. The summed E-state index contributed by atoms with van der Waals surface area (Å²) in [6.07, 6.45) is 0. The first kappa shape index (κ1) is 16.2. The Balaban J connectivity index is 1.96. The standard InChI is InChI=1S/C17H16N6O2/c18-15-14(12-6-8-13(9-7-12)23(24)25)16(22-17(19)21-15)20-10-11-4-2-1-3-5-11/h1-9H,10H2,(H5,18,19,20,21,22). The molecule has 25 heavy (non-hydrogen) atoms. The Kier molecular flexibility index (Phi) is 4.42. The molecule has 8 nitrogen and oxygen atoms in total. The van der Waals surface area contributed by atoms with Gasteiger partial charge in [0.15, 0.2) is 0 Å². The van der Waals surface area contributed by atoms with Crippen molar-refractivity contribution in [1.82, 2.24) is 9.97 Å². The summed E-state index contributed by atoms with van der Waals surface area (Å²) >= 11 is 0. The molecular formula is C17H16N6O2. The average molecular weight is 336 g/mol. The van der Waals surface area contributed by atoms with Crippen LogP contribution < -0.4 is 16.8 Å². The van der Waals surface area contributed by atoms with Crippen molar-refractivity contribution in [1.29, 1.82) is 0 Å². The predicted molar refractivity (Wildman–Crippen MR) is 96.7 cm³/mol. The number of anilines is 3. The number of nitrogen functional groups attached to an aromatic ring is 2. The molecule has 0 aliphatic rings. The maximum atomic E-state index is 10.8. The minimum absolute atomic E-state index is 0.00233. The summed E-state index contributed by atoms with van der Waals surface area (Å²) in [4.78, 5) is 18.6. The fourth-order valence-electron chi connectivity index (χ4n) is 2.44. The Morgan fingerprint density at radius 1 is 1.00 bits per heavy atom. The van der Waals surface area contributed by atoms with Gasteiger partial charge in [-0.2, -0.15) is 9.97 Å². The van der Waals surface area contributed by atoms with Crippen molar-refractivity contribution in [2.24, 2.45) is 0 Å². The van der Waals surface area contributed by atoms with Crippen LogP contribution >= 0.6 is 0 Å². The highest BCUT2D eigenvalue weighted by Crippen LogP contribution is 2.33. The Morgan fingerprint density at radius 2 is 1.68 bits per heavy atom. The summed E-state index contributed by atoms with van der Waals surface area (Å²) in [5.41, 5.74) is 14.0. The van der Waals surface area contributed by atoms with Crippen molar-refractivity contribution in [3.8, 4) is 11.1 Å². The van der Waals surface area contributed by atoms with Gasteiger partial charge in [-0.25, -0.2) is 0 Å². The molecule has 0 aliphatic carbocycles. The fourth-order valence-corrected chi connectivity index (χ4v) is 2.44. The van der Waals surface area contributed by atoms with Crippen molar-refractivity contribution in [2.75, 3.05) is 16.8 Å². The number of hydrogen-bond acceptors (Lipinski definition) is 7. The Bertz CT molecular complexity index is 897. The van der Waals surface area contributed by atoms with Gasteiger partial charge in [-0.15, -0.1) is 0 Å². The predicted octanol–water partition coefficient (Wildman–Crippen LogP) is 2.83. The average Bonchev–Trinajstić information content (AvgIpc) is 2.60. The third kappa shape index (κ3) is 3.63. The lowest BCUT2D eigenvalue weighted by atomic mass is 10.1. The van der Waals surface area contributed by atoms with Crippen LogP contribution in [-0.4, -0.2) is 14.9 Å². The van der Waals surface area contributed by atoms with Gasteiger partial charge in [0.1, 0.15) is 11.6 Å². The van der Waals surface area contributed by atoms with Gasteiger partial charge in [-0.1, -0.05) is 30.3 Å². The van der Waals surface area contributed by atoms with E-state index in [0.717, 1.165) is 5.56 Å². The van der Waals surface area contributed by atoms with Gasteiger partial charge in [-0.05, 0) is 23.3 Å². The van der Waals surface area contributed by atoms with Gasteiger partial charge < -0.3 is 16.8 Å². The number of aromatic nitrogens is 2. The Labute approximate surface area is 143 Å². The second-order valence-corrected chi connectivity index (χ2v) is 5.33. The third-order valence-electron chi connectivity index (χ3n) is 3.62. The largest absolute Gasteiger partial charge is 0.383 e. The Morgan fingerprint density at radius 3 is 2.32 bits per heavy atom. The van der Waals surface area contributed by atoms with E-state index in [1.807, 2.05) is 30.3 Å². The molecule has 0 saturated carbocycles. The lowest BCUT2D eigenvalue weighted by Crippen LogP contribution is -2.09. The first-order valence-electron chi connectivity index (χ1n) is 7.50. The van der Waals surface area contributed by atoms with Crippen LogP contribution in [0.3, 0.4) is 0 Å². The molecule has 2 aromatic carbocycles. The van der Waals surface area contributed by atoms with E-state index >= 15 is 0 Å². The molecule has 126 valence electrons. The molecule has 0 radical (unpaired) electrons. The summed E-state index contributed by atoms with van der Waals surface area (Å²) in [5.74, 6) is 0.735. The first-order valence-corrected chi connectivity index (χ1v) is 7.50. The van der Waals surface area contributed by atoms with Crippen LogP contribution in [0.4, 0.5) is 23.3 Å². The normalized spacial score (nSPS) is 10.4. The molecular weight excluding hydrogens is 320 g/mol. The molecule has 3 rings (SSSR count). The number of nitro groups is 1. The summed E-state index contributed by atoms with van der Waals surface area (Å²) in [5, 5.41) is 14.0. The lowest BCUT2D eigenvalue weighted by Gasteiger charge is -2.14. The molecule has 0 unspecified atom stereocenters. The zero-order chi connectivity index (χ0) is 17.8. The van der Waals surface area contributed by atoms with E-state index in [2.05, 4.69) is 15.3 Å². The molecule has 0 bridgehead atoms. The number of hydrogen-bond donors (Lipinski definition) is 3. The van der Waals surface area contributed by atoms with Crippen molar-refractivity contribution in [2.45, 2.75) is 6.54 Å². The lowest BCUT2D eigenvalue weighted by molar-refractivity contribution is -0.384. The smallest absolute Gasteiger partial charge is 0.269 e. The molecule has 5 N–H and O–H groups in total. The van der Waals surface area contributed by atoms with Crippen molar-refractivity contribution in [3.05, 3.63) is 70.3 Å². The highest BCUT2D eigenvalue weighted by Gasteiger charge is 2.15. The summed E-state index contributed by atoms with van der Waals surface area (Å²) < 4.78 is 0. The first-order chi connectivity index (χ1) is 12.0. The quantitative estimate of drug-likeness (QED) is 0.482. The number of nitrogens with one attached hydrogen (secondary N) is 1. The zero-order valence-corrected chi connectivity index (χ0v) is 13.2. The van der Waals surface area contributed by atoms with Crippen molar-refractivity contribution < 1.29 is 4.92 Å².